The molecular weight excluding hydrogens is 418 g/mol. The number of carboxylic acids is 1. The molecule has 0 saturated carbocycles. The van der Waals surface area contributed by atoms with E-state index >= 15 is 0 Å². The summed E-state index contributed by atoms with van der Waals surface area (Å²) >= 11 is 0. The molecule has 0 aliphatic carbocycles. The smallest absolute Gasteiger partial charge is 0.408 e. The van der Waals surface area contributed by atoms with Crippen LogP contribution >= 0.6 is 0 Å². The third-order valence-corrected chi connectivity index (χ3v) is 4.91. The fourth-order valence-electron chi connectivity index (χ4n) is 3.23. The van der Waals surface area contributed by atoms with Crippen molar-refractivity contribution in [3.63, 3.8) is 0 Å². The van der Waals surface area contributed by atoms with Crippen LogP contribution in [-0.2, 0) is 25.7 Å². The first-order chi connectivity index (χ1) is 15.3. The van der Waals surface area contributed by atoms with Gasteiger partial charge in [0.15, 0.2) is 5.96 Å². The number of nitrogens with one attached hydrogen (secondary N) is 2. The van der Waals surface area contributed by atoms with E-state index in [1.165, 1.54) is 0 Å². The number of benzene rings is 1. The van der Waals surface area contributed by atoms with Crippen molar-refractivity contribution >= 4 is 23.9 Å². The van der Waals surface area contributed by atoms with Gasteiger partial charge in [-0.3, -0.25) is 9.79 Å². The Balaban J connectivity index is 1.68. The summed E-state index contributed by atoms with van der Waals surface area (Å²) in [4.78, 5) is 39.6. The molecule has 11 heteroatoms. The van der Waals surface area contributed by atoms with Crippen molar-refractivity contribution < 1.29 is 29.0 Å². The second-order valence-electron chi connectivity index (χ2n) is 7.47. The molecule has 1 aliphatic rings. The van der Waals surface area contributed by atoms with Crippen LogP contribution in [0.15, 0.2) is 35.3 Å². The van der Waals surface area contributed by atoms with E-state index in [2.05, 4.69) is 15.6 Å². The van der Waals surface area contributed by atoms with Crippen LogP contribution < -0.4 is 22.1 Å². The number of carbonyl (C=O) groups is 3. The zero-order valence-electron chi connectivity index (χ0n) is 17.9. The number of alkyl carbamates (subject to hydrolysis) is 1. The summed E-state index contributed by atoms with van der Waals surface area (Å²) in [6.45, 7) is 0.280. The van der Waals surface area contributed by atoms with E-state index in [9.17, 15) is 19.5 Å². The number of nitrogens with two attached hydrogens (primary N) is 2. The van der Waals surface area contributed by atoms with Crippen LogP contribution in [0, 0.1) is 0 Å². The van der Waals surface area contributed by atoms with Crippen LogP contribution in [0.3, 0.4) is 0 Å². The van der Waals surface area contributed by atoms with Crippen LogP contribution in [0.4, 0.5) is 4.79 Å². The Morgan fingerprint density at radius 1 is 1.19 bits per heavy atom. The monoisotopic (exact) mass is 449 g/mol. The predicted molar refractivity (Wildman–Crippen MR) is 117 cm³/mol. The van der Waals surface area contributed by atoms with E-state index in [-0.39, 0.29) is 25.2 Å². The van der Waals surface area contributed by atoms with Crippen molar-refractivity contribution in [3.8, 4) is 0 Å². The molecule has 1 saturated heterocycles. The maximum atomic E-state index is 12.3. The number of guanidine groups is 1. The lowest BCUT2D eigenvalue weighted by Gasteiger charge is -2.17. The molecule has 1 aromatic rings. The van der Waals surface area contributed by atoms with Gasteiger partial charge in [-0.05, 0) is 37.7 Å². The third kappa shape index (κ3) is 9.21. The lowest BCUT2D eigenvalue weighted by Crippen LogP contribution is -2.50. The number of unbranched alkanes of at least 4 members (excludes halogenated alkanes) is 1. The Labute approximate surface area is 186 Å². The first-order valence-corrected chi connectivity index (χ1v) is 10.5. The Morgan fingerprint density at radius 2 is 1.94 bits per heavy atom. The summed E-state index contributed by atoms with van der Waals surface area (Å²) in [5.74, 6) is -1.62. The minimum Gasteiger partial charge on any atom is -0.480 e. The highest BCUT2D eigenvalue weighted by molar-refractivity contribution is 5.83. The largest absolute Gasteiger partial charge is 0.480 e. The molecule has 0 aromatic heterocycles. The quantitative estimate of drug-likeness (QED) is 0.174. The second kappa shape index (κ2) is 13.2. The van der Waals surface area contributed by atoms with Crippen molar-refractivity contribution in [1.29, 1.82) is 0 Å². The molecule has 0 bridgehead atoms. The van der Waals surface area contributed by atoms with E-state index < -0.39 is 30.1 Å². The number of carboxylic acid groups (broad SMARTS) is 1. The number of ether oxygens (including phenoxy) is 2. The number of aliphatic imine (C=N–C) groups is 1. The zero-order valence-corrected chi connectivity index (χ0v) is 17.9. The van der Waals surface area contributed by atoms with Crippen molar-refractivity contribution in [2.75, 3.05) is 13.1 Å². The first-order valence-electron chi connectivity index (χ1n) is 10.5. The summed E-state index contributed by atoms with van der Waals surface area (Å²) in [5.41, 5.74) is 11.3. The SMILES string of the molecule is NC(N)=NCCCC[C@H]1CC[C@H](C(=O)NC[C@H](NC(=O)OCc2ccccc2)C(=O)O)O1. The third-order valence-electron chi connectivity index (χ3n) is 4.91. The number of rotatable bonds is 12. The number of hydrogen-bond acceptors (Lipinski definition) is 6. The summed E-state index contributed by atoms with van der Waals surface area (Å²) in [7, 11) is 0. The van der Waals surface area contributed by atoms with Crippen molar-refractivity contribution in [3.05, 3.63) is 35.9 Å². The molecule has 32 heavy (non-hydrogen) atoms. The fraction of sp³-hybridized carbons (Fsp3) is 0.524. The highest BCUT2D eigenvalue weighted by Gasteiger charge is 2.31. The minimum absolute atomic E-state index is 0.00856. The van der Waals surface area contributed by atoms with Gasteiger partial charge in [-0.2, -0.15) is 0 Å². The fourth-order valence-corrected chi connectivity index (χ4v) is 3.23. The number of aliphatic carboxylic acids is 1. The summed E-state index contributed by atoms with van der Waals surface area (Å²) in [6, 6.07) is 7.67. The van der Waals surface area contributed by atoms with Gasteiger partial charge in [-0.25, -0.2) is 9.59 Å². The van der Waals surface area contributed by atoms with Gasteiger partial charge >= 0.3 is 12.1 Å². The normalized spacial score (nSPS) is 18.4. The van der Waals surface area contributed by atoms with Crippen molar-refractivity contribution in [1.82, 2.24) is 10.6 Å². The molecule has 176 valence electrons. The topological polar surface area (TPSA) is 178 Å². The van der Waals surface area contributed by atoms with E-state index in [1.54, 1.807) is 24.3 Å². The predicted octanol–water partition coefficient (Wildman–Crippen LogP) is 0.474. The molecule has 2 amide bonds. The highest BCUT2D eigenvalue weighted by atomic mass is 16.5. The number of amides is 2. The van der Waals surface area contributed by atoms with Crippen LogP contribution in [0.5, 0.6) is 0 Å². The van der Waals surface area contributed by atoms with Gasteiger partial charge in [0.2, 0.25) is 5.91 Å². The zero-order chi connectivity index (χ0) is 23.3. The maximum absolute atomic E-state index is 12.3. The van der Waals surface area contributed by atoms with E-state index in [0.717, 1.165) is 31.2 Å². The van der Waals surface area contributed by atoms with E-state index in [1.807, 2.05) is 6.07 Å². The summed E-state index contributed by atoms with van der Waals surface area (Å²) in [6.07, 6.45) is 2.21. The van der Waals surface area contributed by atoms with Gasteiger partial charge in [-0.1, -0.05) is 30.3 Å². The molecular formula is C21H31N5O6. The van der Waals surface area contributed by atoms with Gasteiger partial charge in [0.1, 0.15) is 18.8 Å². The van der Waals surface area contributed by atoms with Crippen LogP contribution in [-0.4, -0.2) is 60.4 Å². The molecule has 1 aliphatic heterocycles. The van der Waals surface area contributed by atoms with Gasteiger partial charge < -0.3 is 36.7 Å². The minimum atomic E-state index is -1.32. The van der Waals surface area contributed by atoms with Crippen LogP contribution in [0.1, 0.15) is 37.7 Å². The Hall–Kier alpha value is -3.34. The average Bonchev–Trinajstić information content (AvgIpc) is 3.24. The van der Waals surface area contributed by atoms with Gasteiger partial charge in [0.25, 0.3) is 0 Å². The van der Waals surface area contributed by atoms with E-state index in [4.69, 9.17) is 20.9 Å². The first kappa shape index (κ1) is 24.9. The van der Waals surface area contributed by atoms with E-state index in [0.29, 0.717) is 13.0 Å². The molecule has 0 unspecified atom stereocenters. The standard InChI is InChI=1S/C21H31N5O6/c22-20(23)24-11-5-4-8-15-9-10-17(32-15)18(27)25-12-16(19(28)29)26-21(30)31-13-14-6-2-1-3-7-14/h1-3,6-7,15-17H,4-5,8-13H2,(H,25,27)(H,26,30)(H,28,29)(H4,22,23,24)/t15-,16-,17+/m0/s1. The Morgan fingerprint density at radius 3 is 2.62 bits per heavy atom. The maximum Gasteiger partial charge on any atom is 0.408 e. The molecule has 7 N–H and O–H groups in total. The Kier molecular flexibility index (Phi) is 10.2. The van der Waals surface area contributed by atoms with Crippen LogP contribution in [0.25, 0.3) is 0 Å². The molecule has 1 fully saturated rings. The number of carbonyl (C=O) groups excluding carboxylic acids is 2. The van der Waals surface area contributed by atoms with Crippen LogP contribution in [0.2, 0.25) is 0 Å². The van der Waals surface area contributed by atoms with Gasteiger partial charge in [-0.15, -0.1) is 0 Å². The second-order valence-corrected chi connectivity index (χ2v) is 7.47. The van der Waals surface area contributed by atoms with Gasteiger partial charge in [0.05, 0.1) is 6.10 Å². The molecule has 11 nitrogen and oxygen atoms in total. The molecule has 2 rings (SSSR count). The van der Waals surface area contributed by atoms with Gasteiger partial charge in [0, 0.05) is 13.1 Å². The molecule has 1 aromatic carbocycles. The molecule has 0 radical (unpaired) electrons. The lowest BCUT2D eigenvalue weighted by molar-refractivity contribution is -0.139. The van der Waals surface area contributed by atoms with Crippen molar-refractivity contribution in [2.24, 2.45) is 16.5 Å². The number of hydrogen-bond donors (Lipinski definition) is 5. The summed E-state index contributed by atoms with van der Waals surface area (Å²) in [5, 5.41) is 14.1. The number of nitrogens with zero attached hydrogens (tertiary/aromatic N) is 1. The molecule has 0 spiro atoms. The lowest BCUT2D eigenvalue weighted by atomic mass is 10.1. The molecule has 3 atom stereocenters. The van der Waals surface area contributed by atoms with Crippen molar-refractivity contribution in [2.45, 2.75) is 57.0 Å². The Bertz CT molecular complexity index is 784. The average molecular weight is 450 g/mol. The molecule has 1 heterocycles. The summed E-state index contributed by atoms with van der Waals surface area (Å²) < 4.78 is 10.8. The highest BCUT2D eigenvalue weighted by Crippen LogP contribution is 2.23.